The van der Waals surface area contributed by atoms with Gasteiger partial charge in [-0.1, -0.05) is 19.4 Å². The molecule has 0 saturated heterocycles. The highest BCUT2D eigenvalue weighted by Crippen LogP contribution is 2.10. The molecule has 0 aliphatic rings. The summed E-state index contributed by atoms with van der Waals surface area (Å²) in [6.45, 7) is 1.79. The third-order valence-electron chi connectivity index (χ3n) is 2.58. The SMILES string of the molecule is CCCC(NC(=O)Cc1ccc(F)cc1F)C(=O)O. The van der Waals surface area contributed by atoms with E-state index < -0.39 is 29.6 Å². The number of hydrogen-bond donors (Lipinski definition) is 2. The van der Waals surface area contributed by atoms with Crippen molar-refractivity contribution in [3.05, 3.63) is 35.4 Å². The number of halogens is 2. The molecule has 1 amide bonds. The topological polar surface area (TPSA) is 66.4 Å². The van der Waals surface area contributed by atoms with Crippen molar-refractivity contribution < 1.29 is 23.5 Å². The highest BCUT2D eigenvalue weighted by molar-refractivity contribution is 5.84. The van der Waals surface area contributed by atoms with Crippen LogP contribution in [0.1, 0.15) is 25.3 Å². The minimum absolute atomic E-state index is 0.0273. The van der Waals surface area contributed by atoms with Gasteiger partial charge in [0.25, 0.3) is 0 Å². The molecule has 0 aromatic heterocycles. The molecule has 19 heavy (non-hydrogen) atoms. The summed E-state index contributed by atoms with van der Waals surface area (Å²) in [5, 5.41) is 11.2. The summed E-state index contributed by atoms with van der Waals surface area (Å²) in [6, 6.07) is 1.91. The molecule has 0 spiro atoms. The van der Waals surface area contributed by atoms with Gasteiger partial charge in [-0.25, -0.2) is 13.6 Å². The van der Waals surface area contributed by atoms with E-state index in [1.807, 2.05) is 0 Å². The second-order valence-corrected chi connectivity index (χ2v) is 4.16. The number of carboxylic acids is 1. The Morgan fingerprint density at radius 3 is 2.58 bits per heavy atom. The van der Waals surface area contributed by atoms with Crippen LogP contribution in [0.4, 0.5) is 8.78 Å². The van der Waals surface area contributed by atoms with E-state index in [-0.39, 0.29) is 12.0 Å². The van der Waals surface area contributed by atoms with Crippen molar-refractivity contribution in [3.63, 3.8) is 0 Å². The molecule has 0 aliphatic heterocycles. The van der Waals surface area contributed by atoms with Crippen molar-refractivity contribution in [1.82, 2.24) is 5.32 Å². The molecule has 4 nitrogen and oxygen atoms in total. The first-order valence-electron chi connectivity index (χ1n) is 5.90. The molecule has 104 valence electrons. The zero-order chi connectivity index (χ0) is 14.4. The fourth-order valence-electron chi connectivity index (χ4n) is 1.63. The molecule has 0 saturated carbocycles. The van der Waals surface area contributed by atoms with Gasteiger partial charge in [0.05, 0.1) is 6.42 Å². The number of nitrogens with one attached hydrogen (secondary N) is 1. The fraction of sp³-hybridized carbons (Fsp3) is 0.385. The van der Waals surface area contributed by atoms with Crippen molar-refractivity contribution >= 4 is 11.9 Å². The molecular weight excluding hydrogens is 256 g/mol. The van der Waals surface area contributed by atoms with Crippen LogP contribution in [0, 0.1) is 11.6 Å². The minimum Gasteiger partial charge on any atom is -0.480 e. The fourth-order valence-corrected chi connectivity index (χ4v) is 1.63. The Kier molecular flexibility index (Phi) is 5.41. The number of rotatable bonds is 6. The number of hydrogen-bond acceptors (Lipinski definition) is 2. The van der Waals surface area contributed by atoms with Crippen molar-refractivity contribution in [2.24, 2.45) is 0 Å². The maximum atomic E-state index is 13.3. The first-order chi connectivity index (χ1) is 8.93. The van der Waals surface area contributed by atoms with Crippen LogP contribution >= 0.6 is 0 Å². The highest BCUT2D eigenvalue weighted by Gasteiger charge is 2.19. The molecule has 0 heterocycles. The average Bonchev–Trinajstić information content (AvgIpc) is 2.32. The molecule has 6 heteroatoms. The van der Waals surface area contributed by atoms with Crippen molar-refractivity contribution in [2.45, 2.75) is 32.2 Å². The molecule has 0 radical (unpaired) electrons. The summed E-state index contributed by atoms with van der Waals surface area (Å²) >= 11 is 0. The van der Waals surface area contributed by atoms with E-state index in [1.54, 1.807) is 6.92 Å². The van der Waals surface area contributed by atoms with Gasteiger partial charge in [0.1, 0.15) is 17.7 Å². The van der Waals surface area contributed by atoms with E-state index in [2.05, 4.69) is 5.32 Å². The third kappa shape index (κ3) is 4.65. The predicted molar refractivity (Wildman–Crippen MR) is 64.5 cm³/mol. The van der Waals surface area contributed by atoms with E-state index in [9.17, 15) is 18.4 Å². The van der Waals surface area contributed by atoms with Gasteiger partial charge in [-0.3, -0.25) is 4.79 Å². The summed E-state index contributed by atoms with van der Waals surface area (Å²) in [5.74, 6) is -3.28. The second kappa shape index (κ2) is 6.82. The lowest BCUT2D eigenvalue weighted by Crippen LogP contribution is -2.41. The average molecular weight is 271 g/mol. The van der Waals surface area contributed by atoms with Crippen LogP contribution < -0.4 is 5.32 Å². The van der Waals surface area contributed by atoms with Crippen LogP contribution in [0.15, 0.2) is 18.2 Å². The number of carbonyl (C=O) groups excluding carboxylic acids is 1. The highest BCUT2D eigenvalue weighted by atomic mass is 19.1. The van der Waals surface area contributed by atoms with E-state index in [0.717, 1.165) is 6.07 Å². The molecule has 0 aliphatic carbocycles. The first kappa shape index (κ1) is 15.1. The van der Waals surface area contributed by atoms with E-state index in [4.69, 9.17) is 5.11 Å². The van der Waals surface area contributed by atoms with Gasteiger partial charge in [-0.15, -0.1) is 0 Å². The lowest BCUT2D eigenvalue weighted by molar-refractivity contribution is -0.141. The quantitative estimate of drug-likeness (QED) is 0.830. The Balaban J connectivity index is 2.66. The third-order valence-corrected chi connectivity index (χ3v) is 2.58. The molecular formula is C13H15F2NO3. The Morgan fingerprint density at radius 2 is 2.05 bits per heavy atom. The van der Waals surface area contributed by atoms with Gasteiger partial charge in [-0.2, -0.15) is 0 Å². The monoisotopic (exact) mass is 271 g/mol. The lowest BCUT2D eigenvalue weighted by Gasteiger charge is -2.13. The van der Waals surface area contributed by atoms with Crippen molar-refractivity contribution in [2.75, 3.05) is 0 Å². The molecule has 1 rings (SSSR count). The van der Waals surface area contributed by atoms with Gasteiger partial charge in [0.2, 0.25) is 5.91 Å². The first-order valence-corrected chi connectivity index (χ1v) is 5.90. The normalized spacial score (nSPS) is 11.9. The minimum atomic E-state index is -1.13. The summed E-state index contributed by atoms with van der Waals surface area (Å²) in [7, 11) is 0. The maximum absolute atomic E-state index is 13.3. The molecule has 0 fully saturated rings. The van der Waals surface area contributed by atoms with Gasteiger partial charge >= 0.3 is 5.97 Å². The van der Waals surface area contributed by atoms with Crippen LogP contribution in [-0.4, -0.2) is 23.0 Å². The second-order valence-electron chi connectivity index (χ2n) is 4.16. The van der Waals surface area contributed by atoms with Crippen molar-refractivity contribution in [1.29, 1.82) is 0 Å². The summed E-state index contributed by atoms with van der Waals surface area (Å²) in [6.07, 6.45) is 0.578. The lowest BCUT2D eigenvalue weighted by atomic mass is 10.1. The Bertz CT molecular complexity index is 477. The molecule has 1 aromatic rings. The van der Waals surface area contributed by atoms with Crippen LogP contribution in [0.3, 0.4) is 0 Å². The van der Waals surface area contributed by atoms with E-state index >= 15 is 0 Å². The zero-order valence-electron chi connectivity index (χ0n) is 10.5. The van der Waals surface area contributed by atoms with Gasteiger partial charge in [0.15, 0.2) is 0 Å². The number of benzene rings is 1. The van der Waals surface area contributed by atoms with Crippen LogP contribution in [0.2, 0.25) is 0 Å². The Hall–Kier alpha value is -1.98. The van der Waals surface area contributed by atoms with Crippen LogP contribution in [0.5, 0.6) is 0 Å². The summed E-state index contributed by atoms with van der Waals surface area (Å²) in [4.78, 5) is 22.5. The number of carboxylic acid groups (broad SMARTS) is 1. The maximum Gasteiger partial charge on any atom is 0.326 e. The molecule has 1 atom stereocenters. The number of aliphatic carboxylic acids is 1. The summed E-state index contributed by atoms with van der Waals surface area (Å²) < 4.78 is 26.0. The van der Waals surface area contributed by atoms with E-state index in [1.165, 1.54) is 6.07 Å². The number of carbonyl (C=O) groups is 2. The van der Waals surface area contributed by atoms with Crippen molar-refractivity contribution in [3.8, 4) is 0 Å². The largest absolute Gasteiger partial charge is 0.480 e. The predicted octanol–water partition coefficient (Wildman–Crippen LogP) is 1.88. The standard InChI is InChI=1S/C13H15F2NO3/c1-2-3-11(13(18)19)16-12(17)6-8-4-5-9(14)7-10(8)15/h4-5,7,11H,2-3,6H2,1H3,(H,16,17)(H,18,19). The van der Waals surface area contributed by atoms with Gasteiger partial charge in [-0.05, 0) is 18.1 Å². The smallest absolute Gasteiger partial charge is 0.326 e. The van der Waals surface area contributed by atoms with Crippen LogP contribution in [0.25, 0.3) is 0 Å². The molecule has 0 bridgehead atoms. The van der Waals surface area contributed by atoms with Gasteiger partial charge in [0, 0.05) is 6.07 Å². The number of amides is 1. The zero-order valence-corrected chi connectivity index (χ0v) is 10.5. The Morgan fingerprint density at radius 1 is 1.37 bits per heavy atom. The van der Waals surface area contributed by atoms with Gasteiger partial charge < -0.3 is 10.4 Å². The summed E-state index contributed by atoms with van der Waals surface area (Å²) in [5.41, 5.74) is 0.0273. The molecule has 2 N–H and O–H groups in total. The molecule has 1 aromatic carbocycles. The Labute approximate surface area is 109 Å². The van der Waals surface area contributed by atoms with Crippen LogP contribution in [-0.2, 0) is 16.0 Å². The molecule has 1 unspecified atom stereocenters. The van der Waals surface area contributed by atoms with E-state index in [0.29, 0.717) is 18.9 Å².